The number of nitrogens with one attached hydrogen (secondary N) is 1. The number of aromatic hydroxyl groups is 1. The van der Waals surface area contributed by atoms with Gasteiger partial charge in [0.25, 0.3) is 0 Å². The molecule has 2 aliphatic heterocycles. The van der Waals surface area contributed by atoms with Crippen molar-refractivity contribution in [3.05, 3.63) is 74.5 Å². The maximum absolute atomic E-state index is 13.4. The summed E-state index contributed by atoms with van der Waals surface area (Å²) in [5.41, 5.74) is 1.05. The number of aromatic amines is 1. The molecule has 1 saturated heterocycles. The number of carbonyl (C=O) groups is 2. The highest BCUT2D eigenvalue weighted by Crippen LogP contribution is 2.53. The summed E-state index contributed by atoms with van der Waals surface area (Å²) in [5, 5.41) is 9.51. The fourth-order valence-electron chi connectivity index (χ4n) is 3.90. The summed E-state index contributed by atoms with van der Waals surface area (Å²) >= 11 is 2.21. The predicted octanol–water partition coefficient (Wildman–Crippen LogP) is 3.08. The molecule has 3 heterocycles. The smallest absolute Gasteiger partial charge is 0.305 e. The molecule has 2 amide bonds. The van der Waals surface area contributed by atoms with Crippen molar-refractivity contribution in [3.8, 4) is 5.75 Å². The molecule has 0 bridgehead atoms. The van der Waals surface area contributed by atoms with E-state index in [-0.39, 0.29) is 16.5 Å². The highest BCUT2D eigenvalue weighted by Gasteiger charge is 2.56. The van der Waals surface area contributed by atoms with Gasteiger partial charge in [-0.1, -0.05) is 35.2 Å². The Balaban J connectivity index is 1.64. The van der Waals surface area contributed by atoms with E-state index in [9.17, 15) is 23.9 Å². The first-order valence-corrected chi connectivity index (χ1v) is 10.5. The number of phenols is 1. The molecule has 0 saturated carbocycles. The monoisotopic (exact) mass is 428 g/mol. The lowest BCUT2D eigenvalue weighted by Crippen LogP contribution is -2.32. The second-order valence-corrected chi connectivity index (χ2v) is 9.00. The molecule has 3 aromatic rings. The standard InChI is InChI=1S/C20H13FN2O4S2/c21-10-3-5-11(6-4-10)23-18(25)14-13(9-1-7-12(24)8-2-9)15-17(22-20(27)29-15)28-16(14)19(23)26/h1-8,13-14,16,24H,(H,22,27). The molecule has 2 aromatic carbocycles. The number of fused-ring (bicyclic) bond motifs is 2. The third-order valence-corrected chi connectivity index (χ3v) is 7.56. The van der Waals surface area contributed by atoms with E-state index in [0.29, 0.717) is 15.6 Å². The van der Waals surface area contributed by atoms with Gasteiger partial charge in [0, 0.05) is 10.8 Å². The topological polar surface area (TPSA) is 90.5 Å². The summed E-state index contributed by atoms with van der Waals surface area (Å²) in [5.74, 6) is -2.35. The molecule has 1 fully saturated rings. The lowest BCUT2D eigenvalue weighted by atomic mass is 9.83. The van der Waals surface area contributed by atoms with E-state index in [0.717, 1.165) is 21.8 Å². The second-order valence-electron chi connectivity index (χ2n) is 6.83. The Bertz CT molecular complexity index is 1190. The maximum Gasteiger partial charge on any atom is 0.305 e. The zero-order valence-corrected chi connectivity index (χ0v) is 16.3. The van der Waals surface area contributed by atoms with Crippen LogP contribution in [-0.4, -0.2) is 27.2 Å². The summed E-state index contributed by atoms with van der Waals surface area (Å²) in [4.78, 5) is 42.8. The second kappa shape index (κ2) is 6.57. The summed E-state index contributed by atoms with van der Waals surface area (Å²) in [6.45, 7) is 0. The van der Waals surface area contributed by atoms with Crippen molar-refractivity contribution in [2.45, 2.75) is 16.2 Å². The van der Waals surface area contributed by atoms with Gasteiger partial charge < -0.3 is 10.1 Å². The molecule has 2 aliphatic rings. The van der Waals surface area contributed by atoms with E-state index in [1.54, 1.807) is 12.1 Å². The molecule has 6 nitrogen and oxygen atoms in total. The highest BCUT2D eigenvalue weighted by atomic mass is 32.2. The van der Waals surface area contributed by atoms with Gasteiger partial charge in [0.15, 0.2) is 0 Å². The number of thiazole rings is 1. The quantitative estimate of drug-likeness (QED) is 0.613. The average Bonchev–Trinajstić information content (AvgIpc) is 3.19. The van der Waals surface area contributed by atoms with Gasteiger partial charge in [0.05, 0.1) is 16.6 Å². The van der Waals surface area contributed by atoms with Crippen LogP contribution in [0.15, 0.2) is 58.4 Å². The number of imide groups is 1. The Morgan fingerprint density at radius 2 is 1.66 bits per heavy atom. The first-order valence-electron chi connectivity index (χ1n) is 8.76. The van der Waals surface area contributed by atoms with Crippen molar-refractivity contribution in [3.63, 3.8) is 0 Å². The van der Waals surface area contributed by atoms with Crippen LogP contribution < -0.4 is 9.77 Å². The van der Waals surface area contributed by atoms with E-state index in [4.69, 9.17) is 0 Å². The van der Waals surface area contributed by atoms with Gasteiger partial charge in [-0.25, -0.2) is 9.29 Å². The molecular formula is C20H13FN2O4S2. The third-order valence-electron chi connectivity index (χ3n) is 5.16. The molecule has 0 aliphatic carbocycles. The van der Waals surface area contributed by atoms with Crippen LogP contribution in [0.1, 0.15) is 16.4 Å². The number of carbonyl (C=O) groups excluding carboxylic acids is 2. The Morgan fingerprint density at radius 1 is 0.966 bits per heavy atom. The van der Waals surface area contributed by atoms with E-state index in [2.05, 4.69) is 4.98 Å². The van der Waals surface area contributed by atoms with Crippen LogP contribution in [0.3, 0.4) is 0 Å². The fourth-order valence-corrected chi connectivity index (χ4v) is 6.42. The number of nitrogens with zero attached hydrogens (tertiary/aromatic N) is 1. The molecule has 0 spiro atoms. The molecule has 9 heteroatoms. The molecule has 3 atom stereocenters. The normalized spacial score (nSPS) is 23.2. The molecule has 146 valence electrons. The number of thioether (sulfide) groups is 1. The number of hydrogen-bond donors (Lipinski definition) is 2. The van der Waals surface area contributed by atoms with Crippen LogP contribution in [0.2, 0.25) is 0 Å². The van der Waals surface area contributed by atoms with Gasteiger partial charge in [0.2, 0.25) is 11.8 Å². The predicted molar refractivity (Wildman–Crippen MR) is 107 cm³/mol. The van der Waals surface area contributed by atoms with Gasteiger partial charge >= 0.3 is 4.87 Å². The summed E-state index contributed by atoms with van der Waals surface area (Å²) in [6, 6.07) is 11.6. The fraction of sp³-hybridized carbons (Fsp3) is 0.150. The number of hydrogen-bond acceptors (Lipinski definition) is 6. The number of phenolic OH excluding ortho intramolecular Hbond substituents is 1. The Morgan fingerprint density at radius 3 is 2.34 bits per heavy atom. The number of benzene rings is 2. The lowest BCUT2D eigenvalue weighted by molar-refractivity contribution is -0.122. The van der Waals surface area contributed by atoms with Gasteiger partial charge in [-0.05, 0) is 42.0 Å². The van der Waals surface area contributed by atoms with Gasteiger partial charge in [-0.3, -0.25) is 14.4 Å². The van der Waals surface area contributed by atoms with Crippen molar-refractivity contribution < 1.29 is 19.1 Å². The van der Waals surface area contributed by atoms with Crippen LogP contribution >= 0.6 is 23.1 Å². The number of halogens is 1. The zero-order chi connectivity index (χ0) is 20.3. The number of amides is 2. The van der Waals surface area contributed by atoms with Crippen LogP contribution in [0.4, 0.5) is 10.1 Å². The van der Waals surface area contributed by atoms with Crippen molar-refractivity contribution in [1.82, 2.24) is 4.98 Å². The van der Waals surface area contributed by atoms with Crippen molar-refractivity contribution in [2.24, 2.45) is 5.92 Å². The number of aromatic nitrogens is 1. The molecule has 2 N–H and O–H groups in total. The molecule has 3 unspecified atom stereocenters. The Labute approximate surface area is 172 Å². The van der Waals surface area contributed by atoms with E-state index < -0.39 is 28.8 Å². The van der Waals surface area contributed by atoms with E-state index in [1.165, 1.54) is 48.2 Å². The molecule has 5 rings (SSSR count). The summed E-state index contributed by atoms with van der Waals surface area (Å²) in [7, 11) is 0. The molecule has 1 aromatic heterocycles. The Hall–Kier alpha value is -2.91. The van der Waals surface area contributed by atoms with Gasteiger partial charge in [-0.2, -0.15) is 0 Å². The molecular weight excluding hydrogens is 415 g/mol. The number of rotatable bonds is 2. The van der Waals surface area contributed by atoms with Crippen molar-refractivity contribution in [2.75, 3.05) is 4.90 Å². The van der Waals surface area contributed by atoms with Gasteiger partial charge in [0.1, 0.15) is 16.8 Å². The van der Waals surface area contributed by atoms with Crippen LogP contribution in [0.25, 0.3) is 0 Å². The van der Waals surface area contributed by atoms with Crippen molar-refractivity contribution >= 4 is 40.6 Å². The molecule has 0 radical (unpaired) electrons. The largest absolute Gasteiger partial charge is 0.508 e. The van der Waals surface area contributed by atoms with Gasteiger partial charge in [-0.15, -0.1) is 0 Å². The number of H-pyrrole nitrogens is 1. The van der Waals surface area contributed by atoms with Crippen LogP contribution in [0.5, 0.6) is 5.75 Å². The first kappa shape index (κ1) is 18.1. The first-order chi connectivity index (χ1) is 13.9. The molecule has 29 heavy (non-hydrogen) atoms. The Kier molecular flexibility index (Phi) is 4.11. The highest BCUT2D eigenvalue weighted by molar-refractivity contribution is 8.00. The van der Waals surface area contributed by atoms with Crippen LogP contribution in [-0.2, 0) is 9.59 Å². The average molecular weight is 428 g/mol. The SMILES string of the molecule is O=C1C2Sc3[nH]c(=O)sc3C(c3ccc(O)cc3)C2C(=O)N1c1ccc(F)cc1. The summed E-state index contributed by atoms with van der Waals surface area (Å²) in [6.07, 6.45) is 0. The van der Waals surface area contributed by atoms with E-state index >= 15 is 0 Å². The lowest BCUT2D eigenvalue weighted by Gasteiger charge is -2.29. The van der Waals surface area contributed by atoms with Crippen LogP contribution in [0, 0.1) is 11.7 Å². The zero-order valence-electron chi connectivity index (χ0n) is 14.7. The third kappa shape index (κ3) is 2.80. The maximum atomic E-state index is 13.4. The van der Waals surface area contributed by atoms with Crippen molar-refractivity contribution in [1.29, 1.82) is 0 Å². The minimum absolute atomic E-state index is 0.0831. The summed E-state index contributed by atoms with van der Waals surface area (Å²) < 4.78 is 13.3. The van der Waals surface area contributed by atoms with E-state index in [1.807, 2.05) is 0 Å². The number of anilines is 1. The minimum Gasteiger partial charge on any atom is -0.508 e. The minimum atomic E-state index is -0.707.